The molecule has 0 bridgehead atoms. The summed E-state index contributed by atoms with van der Waals surface area (Å²) < 4.78 is 9.85. The monoisotopic (exact) mass is 164 g/mol. The van der Waals surface area contributed by atoms with E-state index in [-0.39, 0.29) is 7.78 Å². The second-order valence-corrected chi connectivity index (χ2v) is 5.90. The minimum Gasteiger partial charge on any atom is -0.238 e. The van der Waals surface area contributed by atoms with Gasteiger partial charge in [-0.2, -0.15) is 0 Å². The molecule has 0 saturated carbocycles. The molecule has 0 aliphatic rings. The molecule has 2 atom stereocenters. The van der Waals surface area contributed by atoms with E-state index in [1.165, 1.54) is 0 Å². The Morgan fingerprint density at radius 3 is 2.33 bits per heavy atom. The Bertz CT molecular complexity index is 57.5. The van der Waals surface area contributed by atoms with Crippen LogP contribution in [0, 0.1) is 0 Å². The van der Waals surface area contributed by atoms with Crippen molar-refractivity contribution in [1.29, 1.82) is 0 Å². The van der Waals surface area contributed by atoms with Crippen molar-refractivity contribution in [3.8, 4) is 0 Å². The van der Waals surface area contributed by atoms with Gasteiger partial charge in [0.2, 0.25) is 0 Å². The van der Waals surface area contributed by atoms with Crippen LogP contribution in [0.4, 0.5) is 0 Å². The quantitative estimate of drug-likeness (QED) is 0.345. The third-order valence-electron chi connectivity index (χ3n) is 0.168. The maximum absolute atomic E-state index is 9.85. The zero-order valence-corrected chi connectivity index (χ0v) is 6.11. The van der Waals surface area contributed by atoms with Crippen LogP contribution in [0.1, 0.15) is 0 Å². The first-order valence-electron chi connectivity index (χ1n) is 1.15. The predicted octanol–water partition coefficient (Wildman–Crippen LogP) is 1.68. The lowest BCUT2D eigenvalue weighted by Crippen LogP contribution is -1.58. The van der Waals surface area contributed by atoms with Crippen molar-refractivity contribution in [1.82, 2.24) is 0 Å². The molecule has 38 valence electrons. The van der Waals surface area contributed by atoms with E-state index in [4.69, 9.17) is 22.3 Å². The molecule has 5 heteroatoms. The van der Waals surface area contributed by atoms with Gasteiger partial charge in [-0.1, -0.05) is 0 Å². The third-order valence-corrected chi connectivity index (χ3v) is 3.48. The molecular formula is CH3Cl2OPS. The minimum absolute atomic E-state index is 0.174. The highest BCUT2D eigenvalue weighted by Crippen LogP contribution is 2.19. The summed E-state index contributed by atoms with van der Waals surface area (Å²) in [6, 6.07) is 0. The molecule has 0 aromatic rings. The summed E-state index contributed by atoms with van der Waals surface area (Å²) in [6.45, 7) is 0. The van der Waals surface area contributed by atoms with E-state index in [1.807, 2.05) is 0 Å². The molecule has 0 spiro atoms. The van der Waals surface area contributed by atoms with E-state index < -0.39 is 9.63 Å². The van der Waals surface area contributed by atoms with Crippen molar-refractivity contribution >= 4 is 39.7 Å². The largest absolute Gasteiger partial charge is 0.238 e. The first-order valence-corrected chi connectivity index (χ1v) is 5.59. The smallest absolute Gasteiger partial charge is 0.134 e. The first-order chi connectivity index (χ1) is 2.77. The maximum Gasteiger partial charge on any atom is 0.134 e. The highest BCUT2D eigenvalue weighted by atomic mass is 35.7. The summed E-state index contributed by atoms with van der Waals surface area (Å²) in [5, 5.41) is 0. The molecule has 0 aromatic heterocycles. The van der Waals surface area contributed by atoms with E-state index >= 15 is 0 Å². The highest BCUT2D eigenvalue weighted by Gasteiger charge is 1.85. The Morgan fingerprint density at radius 1 is 1.83 bits per heavy atom. The molecule has 0 rings (SSSR count). The van der Waals surface area contributed by atoms with Crippen molar-refractivity contribution in [2.24, 2.45) is 0 Å². The molecule has 0 aliphatic heterocycles. The normalized spacial score (nSPS) is 16.3. The predicted molar refractivity (Wildman–Crippen MR) is 33.0 cm³/mol. The molecule has 2 unspecified atom stereocenters. The van der Waals surface area contributed by atoms with Gasteiger partial charge in [-0.25, -0.2) is 4.21 Å². The van der Waals surface area contributed by atoms with Crippen LogP contribution in [-0.4, -0.2) is 9.83 Å². The van der Waals surface area contributed by atoms with Crippen LogP contribution in [0.3, 0.4) is 0 Å². The SMILES string of the molecule is O=S(Cl)PCCl. The number of halogens is 2. The molecule has 0 fully saturated rings. The number of hydrogen-bond donors (Lipinski definition) is 0. The number of alkyl halides is 1. The summed E-state index contributed by atoms with van der Waals surface area (Å²) in [4.78, 5) is 0. The molecule has 0 heterocycles. The van der Waals surface area contributed by atoms with Crippen molar-refractivity contribution in [2.75, 3.05) is 5.62 Å². The van der Waals surface area contributed by atoms with Crippen LogP contribution in [0.2, 0.25) is 0 Å². The van der Waals surface area contributed by atoms with Crippen LogP contribution in [-0.2, 0) is 9.63 Å². The topological polar surface area (TPSA) is 17.1 Å². The number of hydrogen-bond acceptors (Lipinski definition) is 1. The Hall–Kier alpha value is 1.16. The average molecular weight is 165 g/mol. The molecule has 0 amide bonds. The minimum atomic E-state index is -1.20. The lowest BCUT2D eigenvalue weighted by molar-refractivity contribution is 0.698. The van der Waals surface area contributed by atoms with Crippen LogP contribution in [0.25, 0.3) is 0 Å². The summed E-state index contributed by atoms with van der Waals surface area (Å²) in [5.74, 6) is 0. The summed E-state index contributed by atoms with van der Waals surface area (Å²) in [5.41, 5.74) is 0.399. The van der Waals surface area contributed by atoms with Crippen LogP contribution >= 0.6 is 30.1 Å². The van der Waals surface area contributed by atoms with Crippen LogP contribution in [0.5, 0.6) is 0 Å². The summed E-state index contributed by atoms with van der Waals surface area (Å²) in [6.07, 6.45) is 0. The van der Waals surface area contributed by atoms with E-state index in [9.17, 15) is 4.21 Å². The van der Waals surface area contributed by atoms with Crippen molar-refractivity contribution in [2.45, 2.75) is 0 Å². The molecule has 0 radical (unpaired) electrons. The van der Waals surface area contributed by atoms with Gasteiger partial charge in [0.25, 0.3) is 0 Å². The first kappa shape index (κ1) is 7.16. The molecule has 0 saturated heterocycles. The molecule has 0 aromatic carbocycles. The second-order valence-electron chi connectivity index (χ2n) is 0.501. The summed E-state index contributed by atoms with van der Waals surface area (Å²) >= 11 is 5.13. The fourth-order valence-corrected chi connectivity index (χ4v) is 2.27. The van der Waals surface area contributed by atoms with Crippen molar-refractivity contribution in [3.63, 3.8) is 0 Å². The highest BCUT2D eigenvalue weighted by molar-refractivity contribution is 8.52. The van der Waals surface area contributed by atoms with Crippen molar-refractivity contribution in [3.05, 3.63) is 0 Å². The Balaban J connectivity index is 2.83. The van der Waals surface area contributed by atoms with E-state index in [1.54, 1.807) is 0 Å². The Kier molecular flexibility index (Phi) is 5.16. The molecule has 6 heavy (non-hydrogen) atoms. The van der Waals surface area contributed by atoms with Gasteiger partial charge in [-0.15, -0.1) is 11.6 Å². The maximum atomic E-state index is 9.85. The lowest BCUT2D eigenvalue weighted by Gasteiger charge is -1.78. The van der Waals surface area contributed by atoms with Gasteiger partial charge in [-0.3, -0.25) is 0 Å². The van der Waals surface area contributed by atoms with Gasteiger partial charge >= 0.3 is 0 Å². The van der Waals surface area contributed by atoms with E-state index in [0.29, 0.717) is 5.62 Å². The third kappa shape index (κ3) is 5.16. The van der Waals surface area contributed by atoms with Crippen LogP contribution in [0.15, 0.2) is 0 Å². The zero-order chi connectivity index (χ0) is 4.99. The van der Waals surface area contributed by atoms with Crippen LogP contribution < -0.4 is 0 Å². The molecular weight excluding hydrogens is 162 g/mol. The van der Waals surface area contributed by atoms with Gasteiger partial charge in [-0.05, 0) is 10.7 Å². The summed E-state index contributed by atoms with van der Waals surface area (Å²) in [7, 11) is 3.95. The Morgan fingerprint density at radius 2 is 2.33 bits per heavy atom. The van der Waals surface area contributed by atoms with E-state index in [0.717, 1.165) is 0 Å². The number of rotatable bonds is 2. The van der Waals surface area contributed by atoms with Gasteiger partial charge < -0.3 is 0 Å². The molecule has 0 aliphatic carbocycles. The zero-order valence-electron chi connectivity index (χ0n) is 2.78. The van der Waals surface area contributed by atoms with Gasteiger partial charge in [0.1, 0.15) is 9.63 Å². The van der Waals surface area contributed by atoms with Crippen molar-refractivity contribution < 1.29 is 4.21 Å². The standard InChI is InChI=1S/CH3Cl2OPS/c2-1-5-6(3)4/h5H,1H2. The van der Waals surface area contributed by atoms with E-state index in [2.05, 4.69) is 0 Å². The van der Waals surface area contributed by atoms with Gasteiger partial charge in [0.15, 0.2) is 0 Å². The second kappa shape index (κ2) is 4.32. The fourth-order valence-electron chi connectivity index (χ4n) is 0.0429. The van der Waals surface area contributed by atoms with Gasteiger partial charge in [0, 0.05) is 7.78 Å². The molecule has 1 nitrogen and oxygen atoms in total. The fraction of sp³-hybridized carbons (Fsp3) is 1.00. The Labute approximate surface area is 49.9 Å². The molecule has 0 N–H and O–H groups in total. The lowest BCUT2D eigenvalue weighted by atomic mass is 11.9. The van der Waals surface area contributed by atoms with Gasteiger partial charge in [0.05, 0.1) is 5.62 Å². The average Bonchev–Trinajstić information content (AvgIpc) is 1.35.